The number of rotatable bonds is 3. The number of nitrogens with two attached hydrogens (primary N) is 1. The van der Waals surface area contributed by atoms with Crippen molar-refractivity contribution in [2.24, 2.45) is 17.1 Å². The Kier molecular flexibility index (Phi) is 3.97. The van der Waals surface area contributed by atoms with Crippen molar-refractivity contribution in [2.75, 3.05) is 33.7 Å². The van der Waals surface area contributed by atoms with E-state index in [2.05, 4.69) is 30.8 Å². The van der Waals surface area contributed by atoms with Crippen molar-refractivity contribution in [3.8, 4) is 0 Å². The Morgan fingerprint density at radius 2 is 1.94 bits per heavy atom. The molecular formula is C14H27N3O. The minimum atomic E-state index is -0.235. The van der Waals surface area contributed by atoms with Crippen LogP contribution in [0.2, 0.25) is 0 Å². The molecule has 18 heavy (non-hydrogen) atoms. The third kappa shape index (κ3) is 2.28. The van der Waals surface area contributed by atoms with Crippen molar-refractivity contribution in [1.29, 1.82) is 0 Å². The van der Waals surface area contributed by atoms with Gasteiger partial charge < -0.3 is 15.5 Å². The third-order valence-corrected chi connectivity index (χ3v) is 4.93. The highest BCUT2D eigenvalue weighted by Crippen LogP contribution is 2.40. The van der Waals surface area contributed by atoms with E-state index >= 15 is 0 Å². The van der Waals surface area contributed by atoms with Gasteiger partial charge in [-0.3, -0.25) is 4.79 Å². The first-order valence-electron chi connectivity index (χ1n) is 7.16. The first-order chi connectivity index (χ1) is 8.50. The van der Waals surface area contributed by atoms with Gasteiger partial charge >= 0.3 is 0 Å². The highest BCUT2D eigenvalue weighted by atomic mass is 16.2. The summed E-state index contributed by atoms with van der Waals surface area (Å²) in [5.74, 6) is 0.874. The SMILES string of the molecule is CC1CN(C(=O)C2(CN)CCCC2)CC1N(C)C. The molecule has 2 atom stereocenters. The first kappa shape index (κ1) is 13.8. The number of likely N-dealkylation sites (N-methyl/N-ethyl adjacent to an activating group) is 1. The van der Waals surface area contributed by atoms with Crippen LogP contribution in [-0.4, -0.2) is 55.5 Å². The normalized spacial score (nSPS) is 31.3. The summed E-state index contributed by atoms with van der Waals surface area (Å²) >= 11 is 0. The summed E-state index contributed by atoms with van der Waals surface area (Å²) in [5, 5.41) is 0. The van der Waals surface area contributed by atoms with E-state index in [9.17, 15) is 4.79 Å². The summed E-state index contributed by atoms with van der Waals surface area (Å²) in [5.41, 5.74) is 5.67. The molecule has 104 valence electrons. The third-order valence-electron chi connectivity index (χ3n) is 4.93. The molecule has 0 spiro atoms. The van der Waals surface area contributed by atoms with Crippen LogP contribution in [0.4, 0.5) is 0 Å². The monoisotopic (exact) mass is 253 g/mol. The lowest BCUT2D eigenvalue weighted by atomic mass is 9.84. The fourth-order valence-corrected chi connectivity index (χ4v) is 3.68. The largest absolute Gasteiger partial charge is 0.340 e. The van der Waals surface area contributed by atoms with Gasteiger partial charge in [0.2, 0.25) is 5.91 Å². The summed E-state index contributed by atoms with van der Waals surface area (Å²) in [6.45, 7) is 4.52. The van der Waals surface area contributed by atoms with Crippen LogP contribution in [0.25, 0.3) is 0 Å². The second-order valence-electron chi connectivity index (χ2n) is 6.41. The van der Waals surface area contributed by atoms with Gasteiger partial charge in [-0.2, -0.15) is 0 Å². The summed E-state index contributed by atoms with van der Waals surface area (Å²) in [6, 6.07) is 0.491. The molecule has 1 heterocycles. The molecule has 4 heteroatoms. The molecule has 1 saturated heterocycles. The van der Waals surface area contributed by atoms with E-state index in [0.29, 0.717) is 24.4 Å². The zero-order valence-corrected chi connectivity index (χ0v) is 12.0. The molecular weight excluding hydrogens is 226 g/mol. The van der Waals surface area contributed by atoms with Gasteiger partial charge in [0, 0.05) is 25.7 Å². The van der Waals surface area contributed by atoms with Crippen molar-refractivity contribution in [2.45, 2.75) is 38.6 Å². The molecule has 0 aromatic heterocycles. The Morgan fingerprint density at radius 3 is 2.39 bits per heavy atom. The quantitative estimate of drug-likeness (QED) is 0.813. The molecule has 1 amide bonds. The van der Waals surface area contributed by atoms with Crippen LogP contribution in [0, 0.1) is 11.3 Å². The van der Waals surface area contributed by atoms with Gasteiger partial charge in [-0.25, -0.2) is 0 Å². The second-order valence-corrected chi connectivity index (χ2v) is 6.41. The highest BCUT2D eigenvalue weighted by Gasteiger charge is 2.45. The van der Waals surface area contributed by atoms with Gasteiger partial charge in [0.15, 0.2) is 0 Å². The summed E-state index contributed by atoms with van der Waals surface area (Å²) < 4.78 is 0. The van der Waals surface area contributed by atoms with Crippen molar-refractivity contribution < 1.29 is 4.79 Å². The van der Waals surface area contributed by atoms with E-state index in [1.807, 2.05) is 0 Å². The first-order valence-corrected chi connectivity index (χ1v) is 7.16. The molecule has 0 radical (unpaired) electrons. The molecule has 1 saturated carbocycles. The van der Waals surface area contributed by atoms with E-state index in [4.69, 9.17) is 5.73 Å². The van der Waals surface area contributed by atoms with Gasteiger partial charge in [0.05, 0.1) is 5.41 Å². The van der Waals surface area contributed by atoms with Crippen LogP contribution >= 0.6 is 0 Å². The minimum Gasteiger partial charge on any atom is -0.340 e. The smallest absolute Gasteiger partial charge is 0.230 e. The van der Waals surface area contributed by atoms with Crippen LogP contribution in [0.3, 0.4) is 0 Å². The zero-order chi connectivity index (χ0) is 13.3. The Morgan fingerprint density at radius 1 is 1.33 bits per heavy atom. The van der Waals surface area contributed by atoms with Gasteiger partial charge in [0.1, 0.15) is 0 Å². The zero-order valence-electron chi connectivity index (χ0n) is 12.0. The van der Waals surface area contributed by atoms with Crippen LogP contribution in [0.5, 0.6) is 0 Å². The fraction of sp³-hybridized carbons (Fsp3) is 0.929. The number of carbonyl (C=O) groups excluding carboxylic acids is 1. The standard InChI is InChI=1S/C14H27N3O/c1-11-8-17(9-12(11)16(2)3)13(18)14(10-15)6-4-5-7-14/h11-12H,4-10,15H2,1-3H3. The van der Waals surface area contributed by atoms with Crippen LogP contribution in [0.1, 0.15) is 32.6 Å². The van der Waals surface area contributed by atoms with Gasteiger partial charge in [-0.15, -0.1) is 0 Å². The minimum absolute atomic E-state index is 0.235. The molecule has 0 aromatic rings. The Bertz CT molecular complexity index is 310. The maximum atomic E-state index is 12.7. The van der Waals surface area contributed by atoms with Crippen LogP contribution < -0.4 is 5.73 Å². The van der Waals surface area contributed by atoms with Crippen molar-refractivity contribution >= 4 is 5.91 Å². The molecule has 2 N–H and O–H groups in total. The predicted octanol–water partition coefficient (Wildman–Crippen LogP) is 0.914. The van der Waals surface area contributed by atoms with Crippen molar-refractivity contribution in [1.82, 2.24) is 9.80 Å². The van der Waals surface area contributed by atoms with E-state index in [0.717, 1.165) is 38.8 Å². The number of amides is 1. The van der Waals surface area contributed by atoms with Crippen LogP contribution in [0.15, 0.2) is 0 Å². The Balaban J connectivity index is 2.06. The topological polar surface area (TPSA) is 49.6 Å². The average Bonchev–Trinajstić information content (AvgIpc) is 2.95. The summed E-state index contributed by atoms with van der Waals surface area (Å²) in [7, 11) is 4.20. The molecule has 2 rings (SSSR count). The lowest BCUT2D eigenvalue weighted by molar-refractivity contribution is -0.140. The average molecular weight is 253 g/mol. The number of hydrogen-bond donors (Lipinski definition) is 1. The van der Waals surface area contributed by atoms with Gasteiger partial charge in [-0.1, -0.05) is 19.8 Å². The number of hydrogen-bond acceptors (Lipinski definition) is 3. The molecule has 0 aromatic carbocycles. The summed E-state index contributed by atoms with van der Waals surface area (Å²) in [4.78, 5) is 17.0. The fourth-order valence-electron chi connectivity index (χ4n) is 3.68. The lowest BCUT2D eigenvalue weighted by Gasteiger charge is -2.31. The number of carbonyl (C=O) groups is 1. The maximum Gasteiger partial charge on any atom is 0.230 e. The van der Waals surface area contributed by atoms with E-state index in [1.54, 1.807) is 0 Å². The molecule has 2 aliphatic rings. The van der Waals surface area contributed by atoms with Gasteiger partial charge in [0.25, 0.3) is 0 Å². The molecule has 2 fully saturated rings. The highest BCUT2D eigenvalue weighted by molar-refractivity contribution is 5.83. The Labute approximate surface area is 110 Å². The van der Waals surface area contributed by atoms with Gasteiger partial charge in [-0.05, 0) is 32.9 Å². The number of likely N-dealkylation sites (tertiary alicyclic amines) is 1. The van der Waals surface area contributed by atoms with E-state index < -0.39 is 0 Å². The molecule has 0 bridgehead atoms. The van der Waals surface area contributed by atoms with Crippen molar-refractivity contribution in [3.05, 3.63) is 0 Å². The molecule has 1 aliphatic carbocycles. The molecule has 4 nitrogen and oxygen atoms in total. The van der Waals surface area contributed by atoms with Crippen LogP contribution in [-0.2, 0) is 4.79 Å². The summed E-state index contributed by atoms with van der Waals surface area (Å²) in [6.07, 6.45) is 4.28. The van der Waals surface area contributed by atoms with E-state index in [-0.39, 0.29) is 5.41 Å². The molecule has 2 unspecified atom stereocenters. The second kappa shape index (κ2) is 5.17. The van der Waals surface area contributed by atoms with E-state index in [1.165, 1.54) is 0 Å². The van der Waals surface area contributed by atoms with Crippen molar-refractivity contribution in [3.63, 3.8) is 0 Å². The number of nitrogens with zero attached hydrogens (tertiary/aromatic N) is 2. The molecule has 1 aliphatic heterocycles. The lowest BCUT2D eigenvalue weighted by Crippen LogP contribution is -2.46. The predicted molar refractivity (Wildman–Crippen MR) is 73.2 cm³/mol. The maximum absolute atomic E-state index is 12.7. The Hall–Kier alpha value is -0.610.